The predicted molar refractivity (Wildman–Crippen MR) is 64.6 cm³/mol. The monoisotopic (exact) mass is 291 g/mol. The summed E-state index contributed by atoms with van der Waals surface area (Å²) in [5, 5.41) is 8.83. The highest BCUT2D eigenvalue weighted by Gasteiger charge is 2.25. The Hall–Kier alpha value is -1.51. The molecular formula is C11H14FNO5S. The minimum atomic E-state index is -4.13. The first kappa shape index (κ1) is 15.5. The maximum Gasteiger partial charge on any atom is 0.339 e. The van der Waals surface area contributed by atoms with Gasteiger partial charge < -0.3 is 9.84 Å². The third-order valence-corrected chi connectivity index (χ3v) is 3.90. The van der Waals surface area contributed by atoms with Gasteiger partial charge in [-0.05, 0) is 25.1 Å². The number of aliphatic hydroxyl groups excluding tert-OH is 1. The Balaban J connectivity index is 3.32. The van der Waals surface area contributed by atoms with Gasteiger partial charge in [-0.3, -0.25) is 0 Å². The van der Waals surface area contributed by atoms with Crippen LogP contribution in [0.4, 0.5) is 4.39 Å². The van der Waals surface area contributed by atoms with Crippen molar-refractivity contribution < 1.29 is 27.4 Å². The molecule has 0 aliphatic carbocycles. The Kier molecular flexibility index (Phi) is 4.98. The molecule has 0 aromatic heterocycles. The number of sulfonamides is 1. The molecule has 1 atom stereocenters. The average molecular weight is 291 g/mol. The van der Waals surface area contributed by atoms with E-state index in [0.29, 0.717) is 0 Å². The van der Waals surface area contributed by atoms with Gasteiger partial charge in [-0.25, -0.2) is 22.3 Å². The summed E-state index contributed by atoms with van der Waals surface area (Å²) in [6.07, 6.45) is 0. The zero-order valence-electron chi connectivity index (χ0n) is 10.4. The second-order valence-corrected chi connectivity index (χ2v) is 5.52. The number of esters is 1. The van der Waals surface area contributed by atoms with Crippen LogP contribution in [0.1, 0.15) is 17.3 Å². The molecule has 106 valence electrons. The van der Waals surface area contributed by atoms with Crippen LogP contribution >= 0.6 is 0 Å². The Bertz CT molecular complexity index is 572. The highest BCUT2D eigenvalue weighted by Crippen LogP contribution is 2.18. The van der Waals surface area contributed by atoms with Crippen LogP contribution in [0.3, 0.4) is 0 Å². The zero-order valence-corrected chi connectivity index (χ0v) is 11.2. The molecule has 0 heterocycles. The molecule has 2 N–H and O–H groups in total. The number of carbonyl (C=O) groups is 1. The standard InChI is InChI=1S/C11H14FNO5S/c1-7(6-14)13-19(16,17)10-5-8(12)3-4-9(10)11(15)18-2/h3-5,7,13-14H,6H2,1-2H3. The lowest BCUT2D eigenvalue weighted by atomic mass is 10.2. The third kappa shape index (κ3) is 3.72. The third-order valence-electron chi connectivity index (χ3n) is 2.27. The molecule has 6 nitrogen and oxygen atoms in total. The number of methoxy groups -OCH3 is 1. The number of benzene rings is 1. The van der Waals surface area contributed by atoms with Crippen LogP contribution in [-0.4, -0.2) is 39.3 Å². The van der Waals surface area contributed by atoms with E-state index in [1.165, 1.54) is 6.92 Å². The Morgan fingerprint density at radius 3 is 2.68 bits per heavy atom. The van der Waals surface area contributed by atoms with Crippen molar-refractivity contribution in [3.8, 4) is 0 Å². The maximum atomic E-state index is 13.2. The van der Waals surface area contributed by atoms with Crippen molar-refractivity contribution >= 4 is 16.0 Å². The van der Waals surface area contributed by atoms with Gasteiger partial charge in [0, 0.05) is 6.04 Å². The van der Waals surface area contributed by atoms with E-state index in [1.807, 2.05) is 0 Å². The fourth-order valence-electron chi connectivity index (χ4n) is 1.36. The van der Waals surface area contributed by atoms with Crippen molar-refractivity contribution in [1.82, 2.24) is 4.72 Å². The van der Waals surface area contributed by atoms with Crippen molar-refractivity contribution in [2.75, 3.05) is 13.7 Å². The van der Waals surface area contributed by atoms with Crippen molar-refractivity contribution in [2.24, 2.45) is 0 Å². The summed E-state index contributed by atoms with van der Waals surface area (Å²) in [4.78, 5) is 10.9. The van der Waals surface area contributed by atoms with E-state index in [-0.39, 0.29) is 5.56 Å². The quantitative estimate of drug-likeness (QED) is 0.760. The van der Waals surface area contributed by atoms with Crippen LogP contribution in [0.15, 0.2) is 23.1 Å². The second-order valence-electron chi connectivity index (χ2n) is 3.84. The summed E-state index contributed by atoms with van der Waals surface area (Å²) >= 11 is 0. The number of halogens is 1. The lowest BCUT2D eigenvalue weighted by molar-refractivity contribution is 0.0596. The first-order valence-corrected chi connectivity index (χ1v) is 6.81. The van der Waals surface area contributed by atoms with Crippen molar-refractivity contribution in [2.45, 2.75) is 17.9 Å². The summed E-state index contributed by atoms with van der Waals surface area (Å²) in [6.45, 7) is 0.997. The molecule has 0 fully saturated rings. The van der Waals surface area contributed by atoms with E-state index < -0.39 is 39.4 Å². The predicted octanol–water partition coefficient (Wildman–Crippen LogP) is 0.271. The van der Waals surface area contributed by atoms with Gasteiger partial charge >= 0.3 is 5.97 Å². The Morgan fingerprint density at radius 1 is 1.53 bits per heavy atom. The summed E-state index contributed by atoms with van der Waals surface area (Å²) in [7, 11) is -3.04. The number of ether oxygens (including phenoxy) is 1. The van der Waals surface area contributed by atoms with Gasteiger partial charge in [0.2, 0.25) is 10.0 Å². The topological polar surface area (TPSA) is 92.7 Å². The summed E-state index contributed by atoms with van der Waals surface area (Å²) in [5.41, 5.74) is -0.276. The molecule has 0 saturated carbocycles. The fraction of sp³-hybridized carbons (Fsp3) is 0.364. The fourth-order valence-corrected chi connectivity index (χ4v) is 2.80. The van der Waals surface area contributed by atoms with E-state index in [0.717, 1.165) is 25.3 Å². The molecule has 0 spiro atoms. The van der Waals surface area contributed by atoms with Crippen LogP contribution < -0.4 is 4.72 Å². The van der Waals surface area contributed by atoms with Crippen LogP contribution in [-0.2, 0) is 14.8 Å². The molecule has 0 bridgehead atoms. The summed E-state index contributed by atoms with van der Waals surface area (Å²) in [5.74, 6) is -1.69. The molecule has 1 aromatic rings. The Morgan fingerprint density at radius 2 is 2.16 bits per heavy atom. The van der Waals surface area contributed by atoms with Gasteiger partial charge in [-0.2, -0.15) is 0 Å². The van der Waals surface area contributed by atoms with Gasteiger partial charge in [0.1, 0.15) is 5.82 Å². The molecule has 1 rings (SSSR count). The lowest BCUT2D eigenvalue weighted by Crippen LogP contribution is -2.35. The lowest BCUT2D eigenvalue weighted by Gasteiger charge is -2.13. The molecule has 0 amide bonds. The molecule has 0 aliphatic rings. The zero-order chi connectivity index (χ0) is 14.6. The van der Waals surface area contributed by atoms with E-state index in [2.05, 4.69) is 9.46 Å². The van der Waals surface area contributed by atoms with E-state index >= 15 is 0 Å². The van der Waals surface area contributed by atoms with E-state index in [9.17, 15) is 17.6 Å². The molecular weight excluding hydrogens is 277 g/mol. The molecule has 0 aliphatic heterocycles. The van der Waals surface area contributed by atoms with Crippen LogP contribution in [0.5, 0.6) is 0 Å². The van der Waals surface area contributed by atoms with E-state index in [1.54, 1.807) is 0 Å². The van der Waals surface area contributed by atoms with E-state index in [4.69, 9.17) is 5.11 Å². The molecule has 0 saturated heterocycles. The van der Waals surface area contributed by atoms with Gasteiger partial charge in [0.05, 0.1) is 24.2 Å². The average Bonchev–Trinajstić information content (AvgIpc) is 2.37. The first-order chi connectivity index (χ1) is 8.81. The normalized spacial score (nSPS) is 13.1. The number of nitrogens with one attached hydrogen (secondary N) is 1. The number of aliphatic hydroxyl groups is 1. The number of rotatable bonds is 5. The smallest absolute Gasteiger partial charge is 0.339 e. The van der Waals surface area contributed by atoms with Crippen molar-refractivity contribution in [1.29, 1.82) is 0 Å². The number of hydrogen-bond acceptors (Lipinski definition) is 5. The maximum absolute atomic E-state index is 13.2. The SMILES string of the molecule is COC(=O)c1ccc(F)cc1S(=O)(=O)NC(C)CO. The molecule has 0 radical (unpaired) electrons. The highest BCUT2D eigenvalue weighted by atomic mass is 32.2. The van der Waals surface area contributed by atoms with Gasteiger partial charge in [0.25, 0.3) is 0 Å². The van der Waals surface area contributed by atoms with Crippen LogP contribution in [0.2, 0.25) is 0 Å². The first-order valence-electron chi connectivity index (χ1n) is 5.33. The van der Waals surface area contributed by atoms with Crippen LogP contribution in [0.25, 0.3) is 0 Å². The minimum Gasteiger partial charge on any atom is -0.465 e. The number of hydrogen-bond donors (Lipinski definition) is 2. The molecule has 1 unspecified atom stereocenters. The van der Waals surface area contributed by atoms with Crippen LogP contribution in [0, 0.1) is 5.82 Å². The number of carbonyl (C=O) groups excluding carboxylic acids is 1. The Labute approximate surface area is 110 Å². The van der Waals surface area contributed by atoms with Crippen molar-refractivity contribution in [3.05, 3.63) is 29.6 Å². The second kappa shape index (κ2) is 6.09. The summed E-state index contributed by atoms with van der Waals surface area (Å²) < 4.78 is 43.7. The highest BCUT2D eigenvalue weighted by molar-refractivity contribution is 7.89. The summed E-state index contributed by atoms with van der Waals surface area (Å²) in [6, 6.07) is 1.94. The largest absolute Gasteiger partial charge is 0.465 e. The molecule has 1 aromatic carbocycles. The van der Waals surface area contributed by atoms with Gasteiger partial charge in [0.15, 0.2) is 0 Å². The minimum absolute atomic E-state index is 0.276. The van der Waals surface area contributed by atoms with Gasteiger partial charge in [-0.15, -0.1) is 0 Å². The van der Waals surface area contributed by atoms with Crippen molar-refractivity contribution in [3.63, 3.8) is 0 Å². The molecule has 8 heteroatoms. The van der Waals surface area contributed by atoms with Gasteiger partial charge in [-0.1, -0.05) is 0 Å². The molecule has 19 heavy (non-hydrogen) atoms.